The topological polar surface area (TPSA) is 55.2 Å². The van der Waals surface area contributed by atoms with Crippen molar-refractivity contribution in [3.05, 3.63) is 31.6 Å². The number of nitrogens with one attached hydrogen (secondary N) is 1. The Kier molecular flexibility index (Phi) is 3.36. The summed E-state index contributed by atoms with van der Waals surface area (Å²) in [6, 6.07) is 2.84. The Balaban J connectivity index is 1.89. The minimum Gasteiger partial charge on any atom is -0.376 e. The van der Waals surface area contributed by atoms with Crippen molar-refractivity contribution < 1.29 is 9.31 Å². The first-order valence-corrected chi connectivity index (χ1v) is 7.54. The van der Waals surface area contributed by atoms with Crippen LogP contribution in [0.2, 0.25) is 0 Å². The molecule has 0 unspecified atom stereocenters. The summed E-state index contributed by atoms with van der Waals surface area (Å²) in [7, 11) is 0. The standard InChI is InChI=1S/C13H14FIN2O2/c14-9-5-11(12(17(18)19)6-10(9)15)16-13(7-1-2-7)8-3-4-8/h5-8,13,16H,1-4H2. The first-order chi connectivity index (χ1) is 9.06. The second-order valence-electron chi connectivity index (χ2n) is 5.39. The Morgan fingerprint density at radius 2 is 1.89 bits per heavy atom. The summed E-state index contributed by atoms with van der Waals surface area (Å²) in [5, 5.41) is 14.3. The van der Waals surface area contributed by atoms with Gasteiger partial charge in [0.25, 0.3) is 5.69 Å². The molecule has 2 saturated carbocycles. The average molecular weight is 376 g/mol. The second kappa shape index (κ2) is 4.88. The van der Waals surface area contributed by atoms with E-state index in [4.69, 9.17) is 0 Å². The Bertz CT molecular complexity index is 518. The van der Waals surface area contributed by atoms with Gasteiger partial charge in [-0.1, -0.05) is 0 Å². The van der Waals surface area contributed by atoms with Gasteiger partial charge in [-0.15, -0.1) is 0 Å². The molecular weight excluding hydrogens is 362 g/mol. The van der Waals surface area contributed by atoms with E-state index in [-0.39, 0.29) is 15.3 Å². The third kappa shape index (κ3) is 2.82. The largest absolute Gasteiger partial charge is 0.376 e. The number of nitro groups is 1. The van der Waals surface area contributed by atoms with Crippen LogP contribution in [0.15, 0.2) is 12.1 Å². The van der Waals surface area contributed by atoms with Crippen LogP contribution >= 0.6 is 22.6 Å². The maximum Gasteiger partial charge on any atom is 0.293 e. The molecule has 1 aromatic rings. The van der Waals surface area contributed by atoms with E-state index in [1.807, 2.05) is 0 Å². The highest BCUT2D eigenvalue weighted by molar-refractivity contribution is 14.1. The molecule has 0 radical (unpaired) electrons. The fourth-order valence-electron chi connectivity index (χ4n) is 2.51. The van der Waals surface area contributed by atoms with Crippen LogP contribution in [0.25, 0.3) is 0 Å². The van der Waals surface area contributed by atoms with Crippen LogP contribution in [0.5, 0.6) is 0 Å². The number of hydrogen-bond acceptors (Lipinski definition) is 3. The lowest BCUT2D eigenvalue weighted by Crippen LogP contribution is -2.24. The maximum atomic E-state index is 13.6. The van der Waals surface area contributed by atoms with Gasteiger partial charge in [-0.2, -0.15) is 0 Å². The number of rotatable bonds is 5. The first kappa shape index (κ1) is 13.1. The Morgan fingerprint density at radius 3 is 2.37 bits per heavy atom. The third-order valence-corrected chi connectivity index (χ3v) is 4.64. The van der Waals surface area contributed by atoms with Crippen molar-refractivity contribution in [2.24, 2.45) is 11.8 Å². The summed E-state index contributed by atoms with van der Waals surface area (Å²) in [4.78, 5) is 10.6. The van der Waals surface area contributed by atoms with E-state index < -0.39 is 10.7 Å². The highest BCUT2D eigenvalue weighted by atomic mass is 127. The number of benzene rings is 1. The van der Waals surface area contributed by atoms with Crippen molar-refractivity contribution >= 4 is 34.0 Å². The van der Waals surface area contributed by atoms with Crippen LogP contribution in [0.1, 0.15) is 25.7 Å². The molecule has 2 fully saturated rings. The number of nitro benzene ring substituents is 1. The molecule has 0 atom stereocenters. The number of nitrogens with zero attached hydrogens (tertiary/aromatic N) is 1. The highest BCUT2D eigenvalue weighted by Gasteiger charge is 2.42. The van der Waals surface area contributed by atoms with E-state index in [2.05, 4.69) is 5.32 Å². The SMILES string of the molecule is O=[N+]([O-])c1cc(I)c(F)cc1NC(C1CC1)C1CC1. The molecule has 1 aromatic carbocycles. The van der Waals surface area contributed by atoms with Crippen molar-refractivity contribution in [1.29, 1.82) is 0 Å². The number of halogens is 2. The molecule has 4 nitrogen and oxygen atoms in total. The van der Waals surface area contributed by atoms with Gasteiger partial charge >= 0.3 is 0 Å². The molecule has 0 heterocycles. The first-order valence-electron chi connectivity index (χ1n) is 6.46. The molecule has 0 aliphatic heterocycles. The van der Waals surface area contributed by atoms with Gasteiger partial charge in [0.2, 0.25) is 0 Å². The number of hydrogen-bond donors (Lipinski definition) is 1. The smallest absolute Gasteiger partial charge is 0.293 e. The van der Waals surface area contributed by atoms with Gasteiger partial charge in [0.05, 0.1) is 8.49 Å². The average Bonchev–Trinajstić information content (AvgIpc) is 3.23. The summed E-state index contributed by atoms with van der Waals surface area (Å²) < 4.78 is 13.9. The summed E-state index contributed by atoms with van der Waals surface area (Å²) in [5.41, 5.74) is 0.295. The molecule has 0 bridgehead atoms. The molecule has 0 amide bonds. The molecule has 1 N–H and O–H groups in total. The van der Waals surface area contributed by atoms with Crippen molar-refractivity contribution in [1.82, 2.24) is 0 Å². The van der Waals surface area contributed by atoms with Crippen LogP contribution in [-0.4, -0.2) is 11.0 Å². The van der Waals surface area contributed by atoms with E-state index in [0.29, 0.717) is 17.5 Å². The lowest BCUT2D eigenvalue weighted by atomic mass is 10.1. The van der Waals surface area contributed by atoms with Gasteiger partial charge < -0.3 is 5.32 Å². The van der Waals surface area contributed by atoms with Gasteiger partial charge in [-0.05, 0) is 60.1 Å². The van der Waals surface area contributed by atoms with E-state index in [0.717, 1.165) is 0 Å². The van der Waals surface area contributed by atoms with Crippen molar-refractivity contribution in [2.45, 2.75) is 31.7 Å². The molecule has 102 valence electrons. The Labute approximate surface area is 124 Å². The van der Waals surface area contributed by atoms with Crippen LogP contribution in [0.4, 0.5) is 15.8 Å². The summed E-state index contributed by atoms with van der Waals surface area (Å²) in [6.07, 6.45) is 4.70. The zero-order valence-electron chi connectivity index (χ0n) is 10.2. The summed E-state index contributed by atoms with van der Waals surface area (Å²) >= 11 is 1.78. The molecule has 0 saturated heterocycles. The summed E-state index contributed by atoms with van der Waals surface area (Å²) in [5.74, 6) is 0.808. The lowest BCUT2D eigenvalue weighted by molar-refractivity contribution is -0.384. The van der Waals surface area contributed by atoms with Gasteiger partial charge in [0, 0.05) is 18.2 Å². The van der Waals surface area contributed by atoms with E-state index in [1.165, 1.54) is 37.8 Å². The molecular formula is C13H14FIN2O2. The van der Waals surface area contributed by atoms with E-state index in [9.17, 15) is 14.5 Å². The third-order valence-electron chi connectivity index (χ3n) is 3.82. The van der Waals surface area contributed by atoms with Gasteiger partial charge in [-0.25, -0.2) is 4.39 Å². The van der Waals surface area contributed by atoms with Crippen molar-refractivity contribution in [2.75, 3.05) is 5.32 Å². The van der Waals surface area contributed by atoms with Crippen LogP contribution in [0.3, 0.4) is 0 Å². The quantitative estimate of drug-likeness (QED) is 0.481. The Hall–Kier alpha value is -0.920. The zero-order valence-corrected chi connectivity index (χ0v) is 12.4. The highest BCUT2D eigenvalue weighted by Crippen LogP contribution is 2.46. The summed E-state index contributed by atoms with van der Waals surface area (Å²) in [6.45, 7) is 0. The monoisotopic (exact) mass is 376 g/mol. The minimum atomic E-state index is -0.444. The zero-order chi connectivity index (χ0) is 13.6. The van der Waals surface area contributed by atoms with Gasteiger partial charge in [0.1, 0.15) is 11.5 Å². The van der Waals surface area contributed by atoms with Crippen LogP contribution < -0.4 is 5.32 Å². The minimum absolute atomic E-state index is 0.0305. The van der Waals surface area contributed by atoms with Gasteiger partial charge in [-0.3, -0.25) is 10.1 Å². The molecule has 3 rings (SSSR count). The van der Waals surface area contributed by atoms with E-state index >= 15 is 0 Å². The fraction of sp³-hybridized carbons (Fsp3) is 0.538. The molecule has 2 aliphatic rings. The molecule has 6 heteroatoms. The number of anilines is 1. The molecule has 19 heavy (non-hydrogen) atoms. The van der Waals surface area contributed by atoms with E-state index in [1.54, 1.807) is 22.6 Å². The van der Waals surface area contributed by atoms with Gasteiger partial charge in [0.15, 0.2) is 0 Å². The molecule has 0 aromatic heterocycles. The fourth-order valence-corrected chi connectivity index (χ4v) is 2.96. The predicted octanol–water partition coefficient (Wildman–Crippen LogP) is 3.94. The lowest BCUT2D eigenvalue weighted by Gasteiger charge is -2.19. The predicted molar refractivity (Wildman–Crippen MR) is 78.6 cm³/mol. The maximum absolute atomic E-state index is 13.6. The molecule has 0 spiro atoms. The van der Waals surface area contributed by atoms with Crippen molar-refractivity contribution in [3.8, 4) is 0 Å². The van der Waals surface area contributed by atoms with Crippen molar-refractivity contribution in [3.63, 3.8) is 0 Å². The van der Waals surface area contributed by atoms with Crippen LogP contribution in [-0.2, 0) is 0 Å². The Morgan fingerprint density at radius 1 is 1.32 bits per heavy atom. The normalized spacial score (nSPS) is 18.7. The molecule has 2 aliphatic carbocycles. The second-order valence-corrected chi connectivity index (χ2v) is 6.55. The van der Waals surface area contributed by atoms with Crippen LogP contribution in [0, 0.1) is 31.3 Å².